The van der Waals surface area contributed by atoms with Crippen molar-refractivity contribution < 1.29 is 0 Å². The van der Waals surface area contributed by atoms with Crippen LogP contribution >= 0.6 is 0 Å². The summed E-state index contributed by atoms with van der Waals surface area (Å²) < 4.78 is 0. The van der Waals surface area contributed by atoms with Crippen molar-refractivity contribution in [1.82, 2.24) is 9.80 Å². The van der Waals surface area contributed by atoms with E-state index in [1.165, 1.54) is 32.5 Å². The number of piperidine rings is 3. The van der Waals surface area contributed by atoms with Crippen molar-refractivity contribution in [2.45, 2.75) is 32.2 Å². The SMILES string of the molecule is CC(C)CN1C(N)=NCC12CN1CCC2CC1. The van der Waals surface area contributed by atoms with Crippen molar-refractivity contribution in [3.63, 3.8) is 0 Å². The minimum absolute atomic E-state index is 0.241. The molecule has 96 valence electrons. The predicted octanol–water partition coefficient (Wildman–Crippen LogP) is 0.737. The summed E-state index contributed by atoms with van der Waals surface area (Å²) in [6.07, 6.45) is 2.66. The second-order valence-electron chi connectivity index (χ2n) is 6.33. The third-order valence-electron chi connectivity index (χ3n) is 4.72. The Labute approximate surface area is 104 Å². The van der Waals surface area contributed by atoms with Gasteiger partial charge in [0.2, 0.25) is 0 Å². The molecular formula is C13H24N4. The molecule has 0 aromatic heterocycles. The average Bonchev–Trinajstić information content (AvgIpc) is 2.60. The molecule has 0 saturated carbocycles. The van der Waals surface area contributed by atoms with E-state index < -0.39 is 0 Å². The first-order chi connectivity index (χ1) is 8.12. The Balaban J connectivity index is 1.86. The Morgan fingerprint density at radius 1 is 1.41 bits per heavy atom. The number of rotatable bonds is 2. The van der Waals surface area contributed by atoms with E-state index in [4.69, 9.17) is 5.73 Å². The molecule has 4 heteroatoms. The minimum Gasteiger partial charge on any atom is -0.370 e. The van der Waals surface area contributed by atoms with Gasteiger partial charge in [-0.25, -0.2) is 0 Å². The van der Waals surface area contributed by atoms with Gasteiger partial charge in [-0.2, -0.15) is 0 Å². The first-order valence-corrected chi connectivity index (χ1v) is 6.92. The molecule has 2 bridgehead atoms. The summed E-state index contributed by atoms with van der Waals surface area (Å²) in [6.45, 7) is 10.2. The van der Waals surface area contributed by atoms with Gasteiger partial charge in [0.05, 0.1) is 12.1 Å². The summed E-state index contributed by atoms with van der Waals surface area (Å²) >= 11 is 0. The molecule has 4 nitrogen and oxygen atoms in total. The first-order valence-electron chi connectivity index (χ1n) is 6.92. The summed E-state index contributed by atoms with van der Waals surface area (Å²) in [6, 6.07) is 0. The average molecular weight is 236 g/mol. The second-order valence-corrected chi connectivity index (χ2v) is 6.33. The normalized spacial score (nSPS) is 40.4. The lowest BCUT2D eigenvalue weighted by Gasteiger charge is -2.55. The lowest BCUT2D eigenvalue weighted by atomic mass is 9.72. The highest BCUT2D eigenvalue weighted by molar-refractivity contribution is 5.81. The van der Waals surface area contributed by atoms with Gasteiger partial charge in [-0.3, -0.25) is 4.99 Å². The summed E-state index contributed by atoms with van der Waals surface area (Å²) in [5.41, 5.74) is 6.36. The van der Waals surface area contributed by atoms with Gasteiger partial charge in [0.1, 0.15) is 0 Å². The molecule has 2 N–H and O–H groups in total. The lowest BCUT2D eigenvalue weighted by Crippen LogP contribution is -2.68. The number of hydrogen-bond acceptors (Lipinski definition) is 4. The zero-order chi connectivity index (χ0) is 12.0. The van der Waals surface area contributed by atoms with Gasteiger partial charge in [-0.1, -0.05) is 13.8 Å². The van der Waals surface area contributed by atoms with Gasteiger partial charge in [-0.15, -0.1) is 0 Å². The zero-order valence-corrected chi connectivity index (χ0v) is 11.0. The molecule has 0 aromatic rings. The number of guanidine groups is 1. The first kappa shape index (κ1) is 11.3. The number of hydrogen-bond donors (Lipinski definition) is 1. The van der Waals surface area contributed by atoms with Crippen molar-refractivity contribution in [1.29, 1.82) is 0 Å². The molecule has 4 rings (SSSR count). The highest BCUT2D eigenvalue weighted by atomic mass is 15.4. The molecule has 0 amide bonds. The Morgan fingerprint density at radius 3 is 2.65 bits per heavy atom. The summed E-state index contributed by atoms with van der Waals surface area (Å²) in [5, 5.41) is 0. The molecule has 17 heavy (non-hydrogen) atoms. The predicted molar refractivity (Wildman–Crippen MR) is 69.9 cm³/mol. The van der Waals surface area contributed by atoms with Crippen LogP contribution in [0.25, 0.3) is 0 Å². The minimum atomic E-state index is 0.241. The monoisotopic (exact) mass is 236 g/mol. The molecule has 1 unspecified atom stereocenters. The maximum absolute atomic E-state index is 6.12. The zero-order valence-electron chi connectivity index (χ0n) is 11.0. The van der Waals surface area contributed by atoms with Crippen LogP contribution in [0.5, 0.6) is 0 Å². The maximum atomic E-state index is 6.12. The van der Waals surface area contributed by atoms with Crippen LogP contribution in [-0.2, 0) is 0 Å². The third kappa shape index (κ3) is 1.65. The van der Waals surface area contributed by atoms with Gasteiger partial charge in [0.25, 0.3) is 0 Å². The molecular weight excluding hydrogens is 212 g/mol. The Hall–Kier alpha value is -0.770. The van der Waals surface area contributed by atoms with Crippen LogP contribution in [0.15, 0.2) is 4.99 Å². The summed E-state index contributed by atoms with van der Waals surface area (Å²) in [4.78, 5) is 9.58. The number of nitrogens with two attached hydrogens (primary N) is 1. The molecule has 4 aliphatic rings. The fraction of sp³-hybridized carbons (Fsp3) is 0.923. The molecule has 0 radical (unpaired) electrons. The molecule has 1 atom stereocenters. The van der Waals surface area contributed by atoms with Gasteiger partial charge >= 0.3 is 0 Å². The molecule has 3 saturated heterocycles. The van der Waals surface area contributed by atoms with E-state index in [-0.39, 0.29) is 5.54 Å². The van der Waals surface area contributed by atoms with E-state index in [9.17, 15) is 0 Å². The Kier molecular flexibility index (Phi) is 2.58. The molecule has 4 aliphatic heterocycles. The van der Waals surface area contributed by atoms with E-state index in [1.807, 2.05) is 0 Å². The van der Waals surface area contributed by atoms with E-state index in [2.05, 4.69) is 28.6 Å². The van der Waals surface area contributed by atoms with Crippen LogP contribution in [-0.4, -0.2) is 54.0 Å². The second kappa shape index (κ2) is 3.87. The molecule has 0 aliphatic carbocycles. The van der Waals surface area contributed by atoms with Crippen LogP contribution in [0.3, 0.4) is 0 Å². The van der Waals surface area contributed by atoms with Gasteiger partial charge < -0.3 is 15.5 Å². The number of aliphatic imine (C=N–C) groups is 1. The molecule has 3 fully saturated rings. The molecule has 4 heterocycles. The third-order valence-corrected chi connectivity index (χ3v) is 4.72. The van der Waals surface area contributed by atoms with Gasteiger partial charge in [0.15, 0.2) is 5.96 Å². The van der Waals surface area contributed by atoms with Crippen LogP contribution in [0.1, 0.15) is 26.7 Å². The number of fused-ring (bicyclic) bond motifs is 2. The Bertz CT molecular complexity index is 330. The van der Waals surface area contributed by atoms with E-state index >= 15 is 0 Å². The van der Waals surface area contributed by atoms with Crippen molar-refractivity contribution in [2.24, 2.45) is 22.6 Å². The fourth-order valence-corrected chi connectivity index (χ4v) is 3.89. The largest absolute Gasteiger partial charge is 0.370 e. The standard InChI is InChI=1S/C13H24N4/c1-10(2)7-17-12(14)15-8-13(17)9-16-5-3-11(13)4-6-16/h10-11H,3-9H2,1-2H3,(H2,14,15). The Morgan fingerprint density at radius 2 is 2.12 bits per heavy atom. The van der Waals surface area contributed by atoms with Crippen LogP contribution in [0.4, 0.5) is 0 Å². The van der Waals surface area contributed by atoms with E-state index in [0.717, 1.165) is 25.0 Å². The smallest absolute Gasteiger partial charge is 0.191 e. The van der Waals surface area contributed by atoms with Crippen LogP contribution < -0.4 is 5.73 Å². The van der Waals surface area contributed by atoms with Crippen molar-refractivity contribution in [3.05, 3.63) is 0 Å². The summed E-state index contributed by atoms with van der Waals surface area (Å²) in [7, 11) is 0. The molecule has 1 spiro atoms. The van der Waals surface area contributed by atoms with Crippen LogP contribution in [0, 0.1) is 11.8 Å². The highest BCUT2D eigenvalue weighted by Crippen LogP contribution is 2.42. The van der Waals surface area contributed by atoms with Crippen LogP contribution in [0.2, 0.25) is 0 Å². The van der Waals surface area contributed by atoms with E-state index in [0.29, 0.717) is 5.92 Å². The molecule has 0 aromatic carbocycles. The summed E-state index contributed by atoms with van der Waals surface area (Å²) in [5.74, 6) is 2.23. The fourth-order valence-electron chi connectivity index (χ4n) is 3.89. The number of nitrogens with zero attached hydrogens (tertiary/aromatic N) is 3. The quantitative estimate of drug-likeness (QED) is 0.769. The maximum Gasteiger partial charge on any atom is 0.191 e. The highest BCUT2D eigenvalue weighted by Gasteiger charge is 2.53. The van der Waals surface area contributed by atoms with Gasteiger partial charge in [-0.05, 0) is 37.8 Å². The van der Waals surface area contributed by atoms with Crippen molar-refractivity contribution >= 4 is 5.96 Å². The van der Waals surface area contributed by atoms with E-state index in [1.54, 1.807) is 0 Å². The topological polar surface area (TPSA) is 44.9 Å². The van der Waals surface area contributed by atoms with Gasteiger partial charge in [0, 0.05) is 13.1 Å². The van der Waals surface area contributed by atoms with Crippen molar-refractivity contribution in [2.75, 3.05) is 32.7 Å². The lowest BCUT2D eigenvalue weighted by molar-refractivity contribution is -0.0318. The van der Waals surface area contributed by atoms with Crippen molar-refractivity contribution in [3.8, 4) is 0 Å².